The van der Waals surface area contributed by atoms with Crippen LogP contribution in [0.15, 0.2) is 59.6 Å². The molecule has 0 unspecified atom stereocenters. The molecular weight excluding hydrogens is 386 g/mol. The summed E-state index contributed by atoms with van der Waals surface area (Å²) in [6.45, 7) is 3.03. The summed E-state index contributed by atoms with van der Waals surface area (Å²) in [6.07, 6.45) is -0.358. The number of nitrogens with zero attached hydrogens (tertiary/aromatic N) is 2. The highest BCUT2D eigenvalue weighted by molar-refractivity contribution is 5.79. The molecule has 0 aromatic heterocycles. The number of nitrogens with one attached hydrogen (secondary N) is 2. The molecule has 3 rings (SSSR count). The number of benzene rings is 2. The average Bonchev–Trinajstić information content (AvgIpc) is 2.77. The number of piperidine rings is 1. The van der Waals surface area contributed by atoms with Crippen LogP contribution in [-0.4, -0.2) is 50.1 Å². The summed E-state index contributed by atoms with van der Waals surface area (Å²) < 4.78 is 29.7. The van der Waals surface area contributed by atoms with Gasteiger partial charge in [0.25, 0.3) is 6.43 Å². The third kappa shape index (κ3) is 7.30. The van der Waals surface area contributed by atoms with Gasteiger partial charge in [-0.2, -0.15) is 0 Å². The first-order valence-corrected chi connectivity index (χ1v) is 10.4. The van der Waals surface area contributed by atoms with Gasteiger partial charge in [-0.25, -0.2) is 8.78 Å². The van der Waals surface area contributed by atoms with E-state index in [1.54, 1.807) is 25.2 Å². The van der Waals surface area contributed by atoms with Crippen molar-refractivity contribution >= 4 is 5.96 Å². The van der Waals surface area contributed by atoms with Crippen LogP contribution >= 0.6 is 0 Å². The molecule has 0 saturated carbocycles. The van der Waals surface area contributed by atoms with Gasteiger partial charge in [0.2, 0.25) is 0 Å². The summed E-state index contributed by atoms with van der Waals surface area (Å²) in [5, 5.41) is 6.79. The lowest BCUT2D eigenvalue weighted by Crippen LogP contribution is -2.48. The number of hydrogen-bond donors (Lipinski definition) is 2. The fourth-order valence-corrected chi connectivity index (χ4v) is 3.56. The molecule has 0 bridgehead atoms. The van der Waals surface area contributed by atoms with E-state index in [9.17, 15) is 8.78 Å². The lowest BCUT2D eigenvalue weighted by atomic mass is 10.0. The molecule has 162 valence electrons. The molecule has 1 fully saturated rings. The number of rotatable bonds is 8. The normalized spacial score (nSPS) is 15.9. The van der Waals surface area contributed by atoms with E-state index in [-0.39, 0.29) is 0 Å². The zero-order chi connectivity index (χ0) is 21.2. The second-order valence-corrected chi connectivity index (χ2v) is 7.46. The van der Waals surface area contributed by atoms with Crippen LogP contribution in [0.3, 0.4) is 0 Å². The molecule has 1 aliphatic heterocycles. The lowest BCUT2D eigenvalue weighted by Gasteiger charge is -2.33. The van der Waals surface area contributed by atoms with E-state index < -0.39 is 13.0 Å². The van der Waals surface area contributed by atoms with Gasteiger partial charge in [0.15, 0.2) is 5.96 Å². The highest BCUT2D eigenvalue weighted by atomic mass is 19.3. The molecule has 2 aromatic rings. The molecule has 0 spiro atoms. The minimum atomic E-state index is -2.48. The van der Waals surface area contributed by atoms with Crippen LogP contribution in [0.5, 0.6) is 5.75 Å². The van der Waals surface area contributed by atoms with Crippen molar-refractivity contribution in [1.29, 1.82) is 0 Å². The summed E-state index contributed by atoms with van der Waals surface area (Å²) >= 11 is 0. The van der Waals surface area contributed by atoms with Crippen molar-refractivity contribution in [2.45, 2.75) is 38.4 Å². The Morgan fingerprint density at radius 2 is 1.83 bits per heavy atom. The van der Waals surface area contributed by atoms with Crippen molar-refractivity contribution in [3.8, 4) is 5.75 Å². The van der Waals surface area contributed by atoms with Gasteiger partial charge in [-0.1, -0.05) is 42.5 Å². The zero-order valence-corrected chi connectivity index (χ0v) is 17.4. The fourth-order valence-electron chi connectivity index (χ4n) is 3.56. The summed E-state index contributed by atoms with van der Waals surface area (Å²) in [5.74, 6) is 1.19. The molecule has 2 aromatic carbocycles. The van der Waals surface area contributed by atoms with Crippen molar-refractivity contribution in [2.75, 3.05) is 26.7 Å². The molecule has 0 amide bonds. The maximum Gasteiger partial charge on any atom is 0.272 e. The number of guanidine groups is 1. The van der Waals surface area contributed by atoms with Crippen LogP contribution in [0, 0.1) is 0 Å². The third-order valence-electron chi connectivity index (χ3n) is 5.14. The molecule has 0 radical (unpaired) electrons. The van der Waals surface area contributed by atoms with Gasteiger partial charge in [-0.3, -0.25) is 9.89 Å². The Balaban J connectivity index is 1.41. The van der Waals surface area contributed by atoms with E-state index in [0.29, 0.717) is 18.3 Å². The zero-order valence-electron chi connectivity index (χ0n) is 17.4. The standard InChI is InChI=1S/C23H30F2N4O/c1-26-23(27-15-19-8-5-9-21(14-19)30-17-22(24)25)28-20-10-12-29(13-11-20)16-18-6-3-2-4-7-18/h2-9,14,20,22H,10-13,15-17H2,1H3,(H2,26,27,28). The molecule has 2 N–H and O–H groups in total. The van der Waals surface area contributed by atoms with Crippen LogP contribution in [-0.2, 0) is 13.1 Å². The van der Waals surface area contributed by atoms with Crippen LogP contribution in [0.25, 0.3) is 0 Å². The van der Waals surface area contributed by atoms with E-state index in [1.807, 2.05) is 12.1 Å². The number of halogens is 2. The second kappa shape index (κ2) is 11.5. The minimum Gasteiger partial charge on any atom is -0.488 e. The number of likely N-dealkylation sites (tertiary alicyclic amines) is 1. The molecule has 1 aliphatic rings. The smallest absolute Gasteiger partial charge is 0.272 e. The maximum atomic E-state index is 12.3. The first-order chi connectivity index (χ1) is 14.6. The van der Waals surface area contributed by atoms with Crippen LogP contribution in [0.4, 0.5) is 8.78 Å². The molecule has 1 heterocycles. The van der Waals surface area contributed by atoms with Crippen molar-refractivity contribution < 1.29 is 13.5 Å². The van der Waals surface area contributed by atoms with Crippen LogP contribution in [0.2, 0.25) is 0 Å². The monoisotopic (exact) mass is 416 g/mol. The number of ether oxygens (including phenoxy) is 1. The van der Waals surface area contributed by atoms with Gasteiger partial charge >= 0.3 is 0 Å². The summed E-state index contributed by atoms with van der Waals surface area (Å²) in [6, 6.07) is 18.1. The minimum absolute atomic E-state index is 0.379. The Hall–Kier alpha value is -2.67. The third-order valence-corrected chi connectivity index (χ3v) is 5.14. The van der Waals surface area contributed by atoms with Gasteiger partial charge in [-0.15, -0.1) is 0 Å². The van der Waals surface area contributed by atoms with Crippen molar-refractivity contribution in [3.63, 3.8) is 0 Å². The van der Waals surface area contributed by atoms with Gasteiger partial charge in [0.05, 0.1) is 0 Å². The maximum absolute atomic E-state index is 12.3. The van der Waals surface area contributed by atoms with Crippen LogP contribution in [0.1, 0.15) is 24.0 Å². The Kier molecular flexibility index (Phi) is 8.44. The van der Waals surface area contributed by atoms with E-state index in [2.05, 4.69) is 44.8 Å². The van der Waals surface area contributed by atoms with E-state index >= 15 is 0 Å². The van der Waals surface area contributed by atoms with E-state index in [4.69, 9.17) is 4.74 Å². The highest BCUT2D eigenvalue weighted by Gasteiger charge is 2.20. The fraction of sp³-hybridized carbons (Fsp3) is 0.435. The largest absolute Gasteiger partial charge is 0.488 e. The highest BCUT2D eigenvalue weighted by Crippen LogP contribution is 2.15. The molecule has 0 aliphatic carbocycles. The summed E-state index contributed by atoms with van der Waals surface area (Å²) in [5.41, 5.74) is 2.29. The number of hydrogen-bond acceptors (Lipinski definition) is 3. The predicted molar refractivity (Wildman–Crippen MR) is 116 cm³/mol. The second-order valence-electron chi connectivity index (χ2n) is 7.46. The first kappa shape index (κ1) is 22.0. The van der Waals surface area contributed by atoms with E-state index in [0.717, 1.165) is 44.0 Å². The van der Waals surface area contributed by atoms with Crippen LogP contribution < -0.4 is 15.4 Å². The van der Waals surface area contributed by atoms with Gasteiger partial charge in [0, 0.05) is 39.3 Å². The van der Waals surface area contributed by atoms with Gasteiger partial charge in [-0.05, 0) is 36.1 Å². The molecule has 5 nitrogen and oxygen atoms in total. The number of aliphatic imine (C=N–C) groups is 1. The predicted octanol–water partition coefficient (Wildman–Crippen LogP) is 3.66. The summed E-state index contributed by atoms with van der Waals surface area (Å²) in [7, 11) is 1.75. The van der Waals surface area contributed by atoms with Crippen molar-refractivity contribution in [3.05, 3.63) is 65.7 Å². The summed E-state index contributed by atoms with van der Waals surface area (Å²) in [4.78, 5) is 6.80. The molecule has 1 saturated heterocycles. The molecule has 7 heteroatoms. The Labute approximate surface area is 177 Å². The molecule has 0 atom stereocenters. The lowest BCUT2D eigenvalue weighted by molar-refractivity contribution is 0.0818. The quantitative estimate of drug-likeness (QED) is 0.509. The van der Waals surface area contributed by atoms with Gasteiger partial charge in [0.1, 0.15) is 12.4 Å². The van der Waals surface area contributed by atoms with Crippen molar-refractivity contribution in [2.24, 2.45) is 4.99 Å². The van der Waals surface area contributed by atoms with E-state index in [1.165, 1.54) is 5.56 Å². The topological polar surface area (TPSA) is 48.9 Å². The Morgan fingerprint density at radius 3 is 2.53 bits per heavy atom. The Bertz CT molecular complexity index is 793. The average molecular weight is 417 g/mol. The Morgan fingerprint density at radius 1 is 1.10 bits per heavy atom. The molecular formula is C23H30F2N4O. The van der Waals surface area contributed by atoms with Crippen molar-refractivity contribution in [1.82, 2.24) is 15.5 Å². The first-order valence-electron chi connectivity index (χ1n) is 10.4. The SMILES string of the molecule is CN=C(NCc1cccc(OCC(F)F)c1)NC1CCN(Cc2ccccc2)CC1. The van der Waals surface area contributed by atoms with Gasteiger partial charge < -0.3 is 15.4 Å². The number of alkyl halides is 2. The molecule has 30 heavy (non-hydrogen) atoms.